The third kappa shape index (κ3) is 2.48. The van der Waals surface area contributed by atoms with E-state index in [1.165, 1.54) is 6.07 Å². The molecule has 17 heavy (non-hydrogen) atoms. The second-order valence-electron chi connectivity index (χ2n) is 3.18. The largest absolute Gasteiger partial charge is 0.433 e. The molecule has 88 valence electrons. The predicted octanol–water partition coefficient (Wildman–Crippen LogP) is 2.21. The van der Waals surface area contributed by atoms with Crippen LogP contribution in [-0.4, -0.2) is 15.2 Å². The summed E-state index contributed by atoms with van der Waals surface area (Å²) in [6, 6.07) is 4.08. The van der Waals surface area contributed by atoms with Gasteiger partial charge >= 0.3 is 5.88 Å². The number of hydrogen-bond donors (Lipinski definition) is 1. The summed E-state index contributed by atoms with van der Waals surface area (Å²) in [4.78, 5) is 21.3. The Balaban J connectivity index is 2.11. The molecule has 0 aromatic carbocycles. The number of furan rings is 1. The molecule has 2 rings (SSSR count). The number of nitrogens with zero attached hydrogens (tertiary/aromatic N) is 2. The molecule has 2 aromatic rings. The van der Waals surface area contributed by atoms with E-state index >= 15 is 0 Å². The Morgan fingerprint density at radius 1 is 1.59 bits per heavy atom. The summed E-state index contributed by atoms with van der Waals surface area (Å²) in [5.41, 5.74) is 0.788. The van der Waals surface area contributed by atoms with Gasteiger partial charge in [0.15, 0.2) is 5.76 Å². The van der Waals surface area contributed by atoms with E-state index in [1.807, 2.05) is 0 Å². The molecule has 0 saturated carbocycles. The number of rotatable bonds is 3. The Bertz CT molecular complexity index is 574. The van der Waals surface area contributed by atoms with Gasteiger partial charge in [0.1, 0.15) is 9.92 Å². The topological polar surface area (TPSA) is 98.3 Å². The maximum atomic E-state index is 11.6. The van der Waals surface area contributed by atoms with Gasteiger partial charge in [-0.05, 0) is 30.6 Å². The Kier molecular flexibility index (Phi) is 2.88. The Hall–Kier alpha value is -2.22. The highest BCUT2D eigenvalue weighted by Gasteiger charge is 2.17. The lowest BCUT2D eigenvalue weighted by Gasteiger charge is -1.96. The molecule has 0 aliphatic rings. The summed E-state index contributed by atoms with van der Waals surface area (Å²) in [5.74, 6) is -1.11. The second-order valence-corrected chi connectivity index (χ2v) is 3.99. The van der Waals surface area contributed by atoms with Crippen LogP contribution in [0.2, 0.25) is 0 Å². The molecule has 0 fully saturated rings. The first-order chi connectivity index (χ1) is 8.06. The molecule has 1 amide bonds. The minimum Gasteiger partial charge on any atom is -0.395 e. The molecule has 0 unspecified atom stereocenters. The van der Waals surface area contributed by atoms with Crippen molar-refractivity contribution in [3.05, 3.63) is 39.8 Å². The van der Waals surface area contributed by atoms with E-state index in [4.69, 9.17) is 4.42 Å². The van der Waals surface area contributed by atoms with Gasteiger partial charge in [-0.2, -0.15) is 4.37 Å². The van der Waals surface area contributed by atoms with Gasteiger partial charge in [-0.25, -0.2) is 0 Å². The normalized spacial score (nSPS) is 10.2. The number of aryl methyl sites for hydroxylation is 1. The lowest BCUT2D eigenvalue weighted by Crippen LogP contribution is -2.09. The molecular formula is C9H7N3O4S. The van der Waals surface area contributed by atoms with E-state index in [2.05, 4.69) is 9.69 Å². The van der Waals surface area contributed by atoms with Crippen molar-refractivity contribution in [2.45, 2.75) is 6.92 Å². The highest BCUT2D eigenvalue weighted by atomic mass is 32.1. The van der Waals surface area contributed by atoms with Crippen molar-refractivity contribution in [1.29, 1.82) is 0 Å². The van der Waals surface area contributed by atoms with Crippen molar-refractivity contribution in [2.24, 2.45) is 0 Å². The van der Waals surface area contributed by atoms with Crippen molar-refractivity contribution in [3.63, 3.8) is 0 Å². The van der Waals surface area contributed by atoms with Gasteiger partial charge in [-0.15, -0.1) is 0 Å². The number of amides is 1. The summed E-state index contributed by atoms with van der Waals surface area (Å²) in [6.45, 7) is 1.80. The Labute approximate surface area is 99.4 Å². The van der Waals surface area contributed by atoms with Crippen molar-refractivity contribution >= 4 is 28.3 Å². The van der Waals surface area contributed by atoms with Crippen LogP contribution in [0.1, 0.15) is 16.2 Å². The standard InChI is InChI=1S/C9H7N3O4S/c1-5-4-7(17-11-5)10-9(13)6-2-3-8(16-6)12(14)15/h2-4H,1H3,(H,10,13). The Morgan fingerprint density at radius 3 is 2.88 bits per heavy atom. The lowest BCUT2D eigenvalue weighted by molar-refractivity contribution is -0.402. The van der Waals surface area contributed by atoms with E-state index in [0.717, 1.165) is 23.3 Å². The first-order valence-electron chi connectivity index (χ1n) is 4.55. The van der Waals surface area contributed by atoms with Crippen LogP contribution in [0.4, 0.5) is 10.9 Å². The average molecular weight is 253 g/mol. The first-order valence-corrected chi connectivity index (χ1v) is 5.32. The number of hydrogen-bond acceptors (Lipinski definition) is 6. The van der Waals surface area contributed by atoms with E-state index < -0.39 is 16.7 Å². The predicted molar refractivity (Wildman–Crippen MR) is 60.2 cm³/mol. The minimum absolute atomic E-state index is 0.109. The van der Waals surface area contributed by atoms with Gasteiger partial charge in [-0.3, -0.25) is 14.9 Å². The maximum Gasteiger partial charge on any atom is 0.433 e. The van der Waals surface area contributed by atoms with Gasteiger partial charge in [0.2, 0.25) is 0 Å². The fourth-order valence-corrected chi connectivity index (χ4v) is 1.80. The summed E-state index contributed by atoms with van der Waals surface area (Å²) < 4.78 is 8.74. The zero-order valence-electron chi connectivity index (χ0n) is 8.67. The van der Waals surface area contributed by atoms with Crippen molar-refractivity contribution < 1.29 is 14.1 Å². The van der Waals surface area contributed by atoms with Gasteiger partial charge in [0.25, 0.3) is 5.91 Å². The molecule has 0 saturated heterocycles. The SMILES string of the molecule is Cc1cc(NC(=O)c2ccc([N+](=O)[O-])o2)sn1. The van der Waals surface area contributed by atoms with Crippen LogP contribution in [0.3, 0.4) is 0 Å². The molecular weight excluding hydrogens is 246 g/mol. The van der Waals surface area contributed by atoms with E-state index in [0.29, 0.717) is 5.00 Å². The third-order valence-electron chi connectivity index (χ3n) is 1.86. The lowest BCUT2D eigenvalue weighted by atomic mass is 10.4. The van der Waals surface area contributed by atoms with Crippen LogP contribution in [0.15, 0.2) is 22.6 Å². The highest BCUT2D eigenvalue weighted by Crippen LogP contribution is 2.19. The number of anilines is 1. The van der Waals surface area contributed by atoms with E-state index in [9.17, 15) is 14.9 Å². The quantitative estimate of drug-likeness (QED) is 0.667. The molecule has 0 bridgehead atoms. The second kappa shape index (κ2) is 4.34. The number of nitro groups is 1. The molecule has 8 heteroatoms. The summed E-state index contributed by atoms with van der Waals surface area (Å²) >= 11 is 1.13. The van der Waals surface area contributed by atoms with Crippen molar-refractivity contribution in [1.82, 2.24) is 4.37 Å². The summed E-state index contributed by atoms with van der Waals surface area (Å²) in [5, 5.41) is 13.5. The summed E-state index contributed by atoms with van der Waals surface area (Å²) in [7, 11) is 0. The van der Waals surface area contributed by atoms with Crippen LogP contribution in [0.5, 0.6) is 0 Å². The fraction of sp³-hybridized carbons (Fsp3) is 0.111. The molecule has 0 radical (unpaired) electrons. The smallest absolute Gasteiger partial charge is 0.395 e. The molecule has 0 aliphatic carbocycles. The fourth-order valence-electron chi connectivity index (χ4n) is 1.14. The maximum absolute atomic E-state index is 11.6. The van der Waals surface area contributed by atoms with Crippen LogP contribution >= 0.6 is 11.5 Å². The minimum atomic E-state index is -0.701. The number of carbonyl (C=O) groups excluding carboxylic acids is 1. The van der Waals surface area contributed by atoms with Gasteiger partial charge in [0, 0.05) is 0 Å². The molecule has 0 aliphatic heterocycles. The van der Waals surface area contributed by atoms with E-state index in [-0.39, 0.29) is 5.76 Å². The van der Waals surface area contributed by atoms with Crippen LogP contribution in [0.25, 0.3) is 0 Å². The first kappa shape index (κ1) is 11.3. The van der Waals surface area contributed by atoms with Crippen molar-refractivity contribution in [3.8, 4) is 0 Å². The Morgan fingerprint density at radius 2 is 2.35 bits per heavy atom. The molecule has 0 atom stereocenters. The summed E-state index contributed by atoms with van der Waals surface area (Å²) in [6.07, 6.45) is 0. The highest BCUT2D eigenvalue weighted by molar-refractivity contribution is 7.10. The van der Waals surface area contributed by atoms with Crippen LogP contribution in [-0.2, 0) is 0 Å². The third-order valence-corrected chi connectivity index (χ3v) is 2.66. The monoisotopic (exact) mass is 253 g/mol. The number of nitrogens with one attached hydrogen (secondary N) is 1. The van der Waals surface area contributed by atoms with Gasteiger partial charge in [-0.1, -0.05) is 0 Å². The molecule has 7 nitrogen and oxygen atoms in total. The zero-order chi connectivity index (χ0) is 12.4. The van der Waals surface area contributed by atoms with Crippen LogP contribution < -0.4 is 5.32 Å². The average Bonchev–Trinajstić information content (AvgIpc) is 2.86. The molecule has 2 heterocycles. The number of carbonyl (C=O) groups is 1. The van der Waals surface area contributed by atoms with E-state index in [1.54, 1.807) is 13.0 Å². The van der Waals surface area contributed by atoms with Gasteiger partial charge < -0.3 is 9.73 Å². The van der Waals surface area contributed by atoms with Crippen LogP contribution in [0, 0.1) is 17.0 Å². The van der Waals surface area contributed by atoms with Crippen molar-refractivity contribution in [2.75, 3.05) is 5.32 Å². The number of aromatic nitrogens is 1. The molecule has 0 spiro atoms. The van der Waals surface area contributed by atoms with Gasteiger partial charge in [0.05, 0.1) is 11.8 Å². The molecule has 2 aromatic heterocycles. The zero-order valence-corrected chi connectivity index (χ0v) is 9.48. The molecule has 1 N–H and O–H groups in total.